The fourth-order valence-corrected chi connectivity index (χ4v) is 2.51. The van der Waals surface area contributed by atoms with E-state index in [0.717, 1.165) is 29.2 Å². The molecule has 1 N–H and O–H groups in total. The number of hydrogen-bond donors (Lipinski definition) is 1. The van der Waals surface area contributed by atoms with E-state index < -0.39 is 5.97 Å². The lowest BCUT2D eigenvalue weighted by Gasteiger charge is -2.20. The van der Waals surface area contributed by atoms with Crippen LogP contribution in [0.15, 0.2) is 23.1 Å². The second-order valence-electron chi connectivity index (χ2n) is 4.29. The maximum absolute atomic E-state index is 10.8. The van der Waals surface area contributed by atoms with Gasteiger partial charge in [0.05, 0.1) is 13.7 Å². The van der Waals surface area contributed by atoms with Gasteiger partial charge in [-0.2, -0.15) is 0 Å². The van der Waals surface area contributed by atoms with E-state index in [4.69, 9.17) is 9.84 Å². The number of benzene rings is 1. The molecule has 0 aliphatic rings. The standard InChI is InChI=1S/C14H21NO3S/c1-4-7-15(10-14(16)17)9-11-5-6-13(19-3)12(8-11)18-2/h5-6,8H,4,7,9-10H2,1-3H3,(H,16,17). The van der Waals surface area contributed by atoms with Crippen molar-refractivity contribution in [2.24, 2.45) is 0 Å². The Labute approximate surface area is 118 Å². The number of carboxylic acid groups (broad SMARTS) is 1. The van der Waals surface area contributed by atoms with Crippen LogP contribution in [0.25, 0.3) is 0 Å². The minimum Gasteiger partial charge on any atom is -0.496 e. The number of methoxy groups -OCH3 is 1. The fourth-order valence-electron chi connectivity index (χ4n) is 1.96. The molecule has 0 aromatic heterocycles. The second-order valence-corrected chi connectivity index (χ2v) is 5.14. The third-order valence-corrected chi connectivity index (χ3v) is 3.53. The first kappa shape index (κ1) is 15.9. The summed E-state index contributed by atoms with van der Waals surface area (Å²) in [5.74, 6) is 0.0536. The molecule has 0 aliphatic heterocycles. The first-order valence-electron chi connectivity index (χ1n) is 6.25. The summed E-state index contributed by atoms with van der Waals surface area (Å²) in [7, 11) is 1.65. The summed E-state index contributed by atoms with van der Waals surface area (Å²) in [6, 6.07) is 6.03. The van der Waals surface area contributed by atoms with Crippen LogP contribution in [0, 0.1) is 0 Å². The molecular formula is C14H21NO3S. The van der Waals surface area contributed by atoms with Crippen molar-refractivity contribution < 1.29 is 14.6 Å². The third-order valence-electron chi connectivity index (χ3n) is 2.75. The van der Waals surface area contributed by atoms with Gasteiger partial charge >= 0.3 is 5.97 Å². The molecular weight excluding hydrogens is 262 g/mol. The van der Waals surface area contributed by atoms with Crippen LogP contribution < -0.4 is 4.74 Å². The lowest BCUT2D eigenvalue weighted by atomic mass is 10.2. The summed E-state index contributed by atoms with van der Waals surface area (Å²) < 4.78 is 5.34. The zero-order valence-electron chi connectivity index (χ0n) is 11.7. The van der Waals surface area contributed by atoms with Crippen molar-refractivity contribution in [2.75, 3.05) is 26.5 Å². The maximum Gasteiger partial charge on any atom is 0.317 e. The minimum absolute atomic E-state index is 0.0699. The van der Waals surface area contributed by atoms with Crippen LogP contribution >= 0.6 is 11.8 Å². The van der Waals surface area contributed by atoms with Crippen molar-refractivity contribution in [3.8, 4) is 5.75 Å². The molecule has 19 heavy (non-hydrogen) atoms. The van der Waals surface area contributed by atoms with Gasteiger partial charge in [-0.15, -0.1) is 11.8 Å². The number of rotatable bonds is 8. The van der Waals surface area contributed by atoms with E-state index in [1.807, 2.05) is 36.3 Å². The Kier molecular flexibility index (Phi) is 6.73. The molecule has 1 aromatic rings. The predicted octanol–water partition coefficient (Wildman–Crippen LogP) is 2.71. The molecule has 0 saturated carbocycles. The Morgan fingerprint density at radius 3 is 2.74 bits per heavy atom. The van der Waals surface area contributed by atoms with Crippen molar-refractivity contribution in [1.82, 2.24) is 4.90 Å². The van der Waals surface area contributed by atoms with Crippen molar-refractivity contribution in [2.45, 2.75) is 24.8 Å². The molecule has 0 fully saturated rings. The average Bonchev–Trinajstić information content (AvgIpc) is 2.38. The number of thioether (sulfide) groups is 1. The van der Waals surface area contributed by atoms with Crippen LogP contribution in [0.4, 0.5) is 0 Å². The summed E-state index contributed by atoms with van der Waals surface area (Å²) >= 11 is 1.64. The highest BCUT2D eigenvalue weighted by molar-refractivity contribution is 7.98. The van der Waals surface area contributed by atoms with Crippen molar-refractivity contribution in [1.29, 1.82) is 0 Å². The number of carbonyl (C=O) groups is 1. The van der Waals surface area contributed by atoms with Gasteiger partial charge in [-0.25, -0.2) is 0 Å². The maximum atomic E-state index is 10.8. The Balaban J connectivity index is 2.80. The third kappa shape index (κ3) is 5.12. The minimum atomic E-state index is -0.791. The highest BCUT2D eigenvalue weighted by atomic mass is 32.2. The van der Waals surface area contributed by atoms with Crippen LogP contribution in [-0.4, -0.2) is 42.4 Å². The van der Waals surface area contributed by atoms with Gasteiger partial charge in [0.1, 0.15) is 5.75 Å². The summed E-state index contributed by atoms with van der Waals surface area (Å²) in [6.45, 7) is 3.52. The molecule has 0 radical (unpaired) electrons. The van der Waals surface area contributed by atoms with Gasteiger partial charge in [0.2, 0.25) is 0 Å². The largest absolute Gasteiger partial charge is 0.496 e. The number of aliphatic carboxylic acids is 1. The van der Waals surface area contributed by atoms with E-state index in [-0.39, 0.29) is 6.54 Å². The normalized spacial score (nSPS) is 10.7. The van der Waals surface area contributed by atoms with Crippen LogP contribution in [0.2, 0.25) is 0 Å². The molecule has 1 rings (SSSR count). The van der Waals surface area contributed by atoms with Crippen LogP contribution in [0.5, 0.6) is 5.75 Å². The number of nitrogens with zero attached hydrogens (tertiary/aromatic N) is 1. The molecule has 0 heterocycles. The molecule has 5 heteroatoms. The highest BCUT2D eigenvalue weighted by Crippen LogP contribution is 2.28. The Bertz CT molecular complexity index is 423. The van der Waals surface area contributed by atoms with Gasteiger partial charge in [-0.05, 0) is 36.9 Å². The summed E-state index contributed by atoms with van der Waals surface area (Å²) in [5, 5.41) is 8.90. The average molecular weight is 283 g/mol. The second kappa shape index (κ2) is 8.07. The van der Waals surface area contributed by atoms with E-state index in [1.165, 1.54) is 0 Å². The van der Waals surface area contributed by atoms with Crippen molar-refractivity contribution in [3.63, 3.8) is 0 Å². The van der Waals surface area contributed by atoms with Gasteiger partial charge < -0.3 is 9.84 Å². The van der Waals surface area contributed by atoms with E-state index in [0.29, 0.717) is 6.54 Å². The molecule has 0 atom stereocenters. The van der Waals surface area contributed by atoms with Crippen molar-refractivity contribution >= 4 is 17.7 Å². The molecule has 0 amide bonds. The van der Waals surface area contributed by atoms with Crippen molar-refractivity contribution in [3.05, 3.63) is 23.8 Å². The topological polar surface area (TPSA) is 49.8 Å². The molecule has 0 unspecified atom stereocenters. The summed E-state index contributed by atoms with van der Waals surface area (Å²) in [4.78, 5) is 13.8. The van der Waals surface area contributed by atoms with Gasteiger partial charge in [-0.3, -0.25) is 9.69 Å². The summed E-state index contributed by atoms with van der Waals surface area (Å²) in [5.41, 5.74) is 1.07. The van der Waals surface area contributed by atoms with Gasteiger partial charge in [0, 0.05) is 11.4 Å². The Morgan fingerprint density at radius 2 is 2.21 bits per heavy atom. The summed E-state index contributed by atoms with van der Waals surface area (Å²) in [6.07, 6.45) is 2.94. The van der Waals surface area contributed by atoms with Gasteiger partial charge in [0.15, 0.2) is 0 Å². The van der Waals surface area contributed by atoms with E-state index >= 15 is 0 Å². The van der Waals surface area contributed by atoms with Crippen LogP contribution in [0.1, 0.15) is 18.9 Å². The fraction of sp³-hybridized carbons (Fsp3) is 0.500. The Hall–Kier alpha value is -1.20. The number of carboxylic acids is 1. The quantitative estimate of drug-likeness (QED) is 0.743. The van der Waals surface area contributed by atoms with Crippen LogP contribution in [0.3, 0.4) is 0 Å². The first-order chi connectivity index (χ1) is 9.10. The zero-order valence-corrected chi connectivity index (χ0v) is 12.5. The van der Waals surface area contributed by atoms with Gasteiger partial charge in [-0.1, -0.05) is 13.0 Å². The zero-order chi connectivity index (χ0) is 14.3. The lowest BCUT2D eigenvalue weighted by molar-refractivity contribution is -0.138. The van der Waals surface area contributed by atoms with E-state index in [2.05, 4.69) is 0 Å². The molecule has 0 aliphatic carbocycles. The first-order valence-corrected chi connectivity index (χ1v) is 7.48. The lowest BCUT2D eigenvalue weighted by Crippen LogP contribution is -2.30. The molecule has 4 nitrogen and oxygen atoms in total. The van der Waals surface area contributed by atoms with E-state index in [1.54, 1.807) is 18.9 Å². The Morgan fingerprint density at radius 1 is 1.47 bits per heavy atom. The predicted molar refractivity (Wildman–Crippen MR) is 78.0 cm³/mol. The highest BCUT2D eigenvalue weighted by Gasteiger charge is 2.11. The van der Waals surface area contributed by atoms with Crippen LogP contribution in [-0.2, 0) is 11.3 Å². The molecule has 0 saturated heterocycles. The smallest absolute Gasteiger partial charge is 0.317 e. The van der Waals surface area contributed by atoms with Gasteiger partial charge in [0.25, 0.3) is 0 Å². The monoisotopic (exact) mass is 283 g/mol. The molecule has 0 bridgehead atoms. The number of ether oxygens (including phenoxy) is 1. The van der Waals surface area contributed by atoms with E-state index in [9.17, 15) is 4.79 Å². The molecule has 1 aromatic carbocycles. The molecule has 0 spiro atoms. The SMILES string of the molecule is CCCN(CC(=O)O)Cc1ccc(SC)c(OC)c1. The number of hydrogen-bond acceptors (Lipinski definition) is 4. The molecule has 106 valence electrons.